The van der Waals surface area contributed by atoms with Crippen molar-refractivity contribution in [3.05, 3.63) is 0 Å². The molecule has 3 unspecified atom stereocenters. The molecule has 0 saturated carbocycles. The number of aliphatic hydroxyl groups is 1. The summed E-state index contributed by atoms with van der Waals surface area (Å²) in [5.41, 5.74) is 0. The molecule has 3 N–H and O–H groups in total. The van der Waals surface area contributed by atoms with Gasteiger partial charge in [0, 0.05) is 25.7 Å². The van der Waals surface area contributed by atoms with E-state index in [4.69, 9.17) is 37.0 Å². The molecule has 534 valence electrons. The van der Waals surface area contributed by atoms with Crippen molar-refractivity contribution in [1.29, 1.82) is 0 Å². The van der Waals surface area contributed by atoms with Crippen LogP contribution in [-0.4, -0.2) is 96.7 Å². The summed E-state index contributed by atoms with van der Waals surface area (Å²) in [4.78, 5) is 72.3. The third-order valence-electron chi connectivity index (χ3n) is 16.9. The van der Waals surface area contributed by atoms with Crippen LogP contribution in [0, 0.1) is 5.92 Å². The summed E-state index contributed by atoms with van der Waals surface area (Å²) in [5.74, 6) is -1.36. The number of carbonyl (C=O) groups excluding carboxylic acids is 4. The molecule has 0 bridgehead atoms. The Bertz CT molecular complexity index is 1740. The predicted molar refractivity (Wildman–Crippen MR) is 363 cm³/mol. The molecule has 0 saturated heterocycles. The van der Waals surface area contributed by atoms with E-state index in [1.807, 2.05) is 0 Å². The van der Waals surface area contributed by atoms with Crippen molar-refractivity contribution in [1.82, 2.24) is 0 Å². The molecule has 0 heterocycles. The number of carbonyl (C=O) groups is 4. The minimum atomic E-state index is -4.95. The zero-order chi connectivity index (χ0) is 66.3. The van der Waals surface area contributed by atoms with Crippen LogP contribution in [0.4, 0.5) is 0 Å². The van der Waals surface area contributed by atoms with Crippen molar-refractivity contribution in [2.24, 2.45) is 5.92 Å². The second kappa shape index (κ2) is 64.4. The van der Waals surface area contributed by atoms with Gasteiger partial charge in [-0.05, 0) is 31.6 Å². The second-order valence-electron chi connectivity index (χ2n) is 25.9. The van der Waals surface area contributed by atoms with Crippen molar-refractivity contribution >= 4 is 39.5 Å². The van der Waals surface area contributed by atoms with E-state index in [1.165, 1.54) is 186 Å². The molecule has 0 aliphatic rings. The van der Waals surface area contributed by atoms with Gasteiger partial charge in [-0.25, -0.2) is 9.13 Å². The van der Waals surface area contributed by atoms with E-state index in [9.17, 15) is 43.2 Å². The van der Waals surface area contributed by atoms with E-state index in [-0.39, 0.29) is 25.7 Å². The zero-order valence-electron chi connectivity index (χ0n) is 58.3. The highest BCUT2D eigenvalue weighted by Gasteiger charge is 2.30. The lowest BCUT2D eigenvalue weighted by Gasteiger charge is -2.21. The van der Waals surface area contributed by atoms with Gasteiger partial charge in [0.25, 0.3) is 0 Å². The highest BCUT2D eigenvalue weighted by Crippen LogP contribution is 2.45. The van der Waals surface area contributed by atoms with Crippen LogP contribution < -0.4 is 0 Å². The summed E-state index contributed by atoms with van der Waals surface area (Å²) in [7, 11) is -9.89. The van der Waals surface area contributed by atoms with Gasteiger partial charge in [0.1, 0.15) is 19.3 Å². The summed E-state index contributed by atoms with van der Waals surface area (Å²) < 4.78 is 68.1. The third-order valence-corrected chi connectivity index (χ3v) is 18.8. The molecule has 0 aromatic rings. The monoisotopic (exact) mass is 1320 g/mol. The summed E-state index contributed by atoms with van der Waals surface area (Å²) in [6, 6.07) is 0. The topological polar surface area (TPSA) is 237 Å². The maximum absolute atomic E-state index is 13.0. The maximum Gasteiger partial charge on any atom is 0.472 e. The van der Waals surface area contributed by atoms with Crippen LogP contribution in [0.2, 0.25) is 0 Å². The molecule has 0 spiro atoms. The van der Waals surface area contributed by atoms with E-state index in [0.29, 0.717) is 25.7 Å². The molecule has 0 aromatic carbocycles. The van der Waals surface area contributed by atoms with Crippen LogP contribution in [0.15, 0.2) is 0 Å². The van der Waals surface area contributed by atoms with Gasteiger partial charge in [0.2, 0.25) is 0 Å². The first-order chi connectivity index (χ1) is 43.6. The average Bonchev–Trinajstić information content (AvgIpc) is 3.36. The summed E-state index contributed by atoms with van der Waals surface area (Å²) in [6.07, 6.45) is 51.7. The second-order valence-corrected chi connectivity index (χ2v) is 28.8. The van der Waals surface area contributed by atoms with E-state index in [1.54, 1.807) is 0 Å². The van der Waals surface area contributed by atoms with Crippen LogP contribution in [-0.2, 0) is 65.4 Å². The zero-order valence-corrected chi connectivity index (χ0v) is 60.1. The maximum atomic E-state index is 13.0. The third kappa shape index (κ3) is 63.5. The number of hydrogen-bond donors (Lipinski definition) is 3. The van der Waals surface area contributed by atoms with Gasteiger partial charge >= 0.3 is 39.5 Å². The first-order valence-corrected chi connectivity index (χ1v) is 40.2. The largest absolute Gasteiger partial charge is 0.472 e. The van der Waals surface area contributed by atoms with E-state index in [0.717, 1.165) is 102 Å². The lowest BCUT2D eigenvalue weighted by atomic mass is 9.99. The van der Waals surface area contributed by atoms with Crippen molar-refractivity contribution in [2.75, 3.05) is 39.6 Å². The Morgan fingerprint density at radius 3 is 0.789 bits per heavy atom. The highest BCUT2D eigenvalue weighted by molar-refractivity contribution is 7.47. The molecule has 0 aliphatic heterocycles. The standard InChI is InChI=1S/C71H138O17P2/c1-6-10-13-16-18-20-22-24-26-27-28-30-32-34-36-41-46-51-56-70(75)88-67(61-82-69(74)55-50-45-40-35-33-31-29-25-23-21-19-17-14-11-7-2)63-86-90(79,80)84-59-65(72)58-83-89(77,78)85-62-66(60-81-68(73)54-49-43-15-12-8-3)87-71(76)57-52-47-42-38-37-39-44-48-53-64(5)9-4/h64-67,72H,6-63H2,1-5H3,(H,77,78)(H,79,80)/t64?,65-,66+,67+/m0/s1. The number of phosphoric ester groups is 2. The molecule has 0 rings (SSSR count). The first-order valence-electron chi connectivity index (χ1n) is 37.2. The van der Waals surface area contributed by atoms with Crippen LogP contribution in [0.25, 0.3) is 0 Å². The van der Waals surface area contributed by atoms with E-state index < -0.39 is 97.5 Å². The number of hydrogen-bond acceptors (Lipinski definition) is 15. The van der Waals surface area contributed by atoms with Crippen molar-refractivity contribution in [3.63, 3.8) is 0 Å². The molecule has 0 aromatic heterocycles. The molecular weight excluding hydrogens is 1190 g/mol. The lowest BCUT2D eigenvalue weighted by molar-refractivity contribution is -0.161. The average molecular weight is 1330 g/mol. The fourth-order valence-electron chi connectivity index (χ4n) is 10.8. The van der Waals surface area contributed by atoms with Crippen molar-refractivity contribution in [3.8, 4) is 0 Å². The van der Waals surface area contributed by atoms with Gasteiger partial charge in [0.05, 0.1) is 26.4 Å². The Labute approximate surface area is 549 Å². The summed E-state index contributed by atoms with van der Waals surface area (Å²) in [5, 5.41) is 10.6. The number of rotatable bonds is 71. The molecule has 0 amide bonds. The molecule has 19 heteroatoms. The van der Waals surface area contributed by atoms with Gasteiger partial charge < -0.3 is 33.8 Å². The summed E-state index contributed by atoms with van der Waals surface area (Å²) in [6.45, 7) is 7.17. The number of phosphoric acid groups is 2. The van der Waals surface area contributed by atoms with Gasteiger partial charge in [-0.1, -0.05) is 317 Å². The lowest BCUT2D eigenvalue weighted by Crippen LogP contribution is -2.30. The molecule has 17 nitrogen and oxygen atoms in total. The van der Waals surface area contributed by atoms with Gasteiger partial charge in [-0.2, -0.15) is 0 Å². The molecule has 0 aliphatic carbocycles. The SMILES string of the molecule is CCCCCCCCCCCCCCCCCCCCC(=O)O[C@H](COC(=O)CCCCCCCCCCCCCCCCC)COP(=O)(O)OC[C@@H](O)COP(=O)(O)OC[C@@H](COC(=O)CCCCCCC)OC(=O)CCCCCCCCCCC(C)CC. The van der Waals surface area contributed by atoms with Crippen molar-refractivity contribution < 1.29 is 80.2 Å². The Hall–Kier alpha value is -1.94. The van der Waals surface area contributed by atoms with Gasteiger partial charge in [-0.3, -0.25) is 37.3 Å². The molecular formula is C71H138O17P2. The van der Waals surface area contributed by atoms with Gasteiger partial charge in [0.15, 0.2) is 12.2 Å². The normalized spacial score (nSPS) is 14.4. The predicted octanol–water partition coefficient (Wildman–Crippen LogP) is 20.5. The minimum Gasteiger partial charge on any atom is -0.462 e. The first kappa shape index (κ1) is 88.1. The van der Waals surface area contributed by atoms with E-state index >= 15 is 0 Å². The molecule has 90 heavy (non-hydrogen) atoms. The van der Waals surface area contributed by atoms with Crippen LogP contribution >= 0.6 is 15.6 Å². The molecule has 0 fully saturated rings. The highest BCUT2D eigenvalue weighted by atomic mass is 31.2. The molecule has 0 radical (unpaired) electrons. The molecule has 6 atom stereocenters. The smallest absolute Gasteiger partial charge is 0.462 e. The number of aliphatic hydroxyl groups excluding tert-OH is 1. The van der Waals surface area contributed by atoms with E-state index in [2.05, 4.69) is 34.6 Å². The fraction of sp³-hybridized carbons (Fsp3) is 0.944. The Morgan fingerprint density at radius 2 is 0.533 bits per heavy atom. The number of unbranched alkanes of at least 4 members (excludes halogenated alkanes) is 42. The minimum absolute atomic E-state index is 0.104. The Kier molecular flexibility index (Phi) is 63.0. The van der Waals surface area contributed by atoms with Crippen molar-refractivity contribution in [2.45, 2.75) is 387 Å². The van der Waals surface area contributed by atoms with Gasteiger partial charge in [-0.15, -0.1) is 0 Å². The van der Waals surface area contributed by atoms with Crippen LogP contribution in [0.3, 0.4) is 0 Å². The fourth-order valence-corrected chi connectivity index (χ4v) is 12.4. The van der Waals surface area contributed by atoms with Crippen LogP contribution in [0.5, 0.6) is 0 Å². The summed E-state index contributed by atoms with van der Waals surface area (Å²) >= 11 is 0. The Morgan fingerprint density at radius 1 is 0.311 bits per heavy atom. The number of ether oxygens (including phenoxy) is 4. The Balaban J connectivity index is 5.15. The van der Waals surface area contributed by atoms with Crippen LogP contribution in [0.1, 0.15) is 369 Å². The number of esters is 4. The quantitative estimate of drug-likeness (QED) is 0.0222.